The summed E-state index contributed by atoms with van der Waals surface area (Å²) in [6.07, 6.45) is -0.983. The molecule has 278 valence electrons. The molecule has 3 aromatic carbocycles. The number of rotatable bonds is 12. The molecule has 0 saturated carbocycles. The average Bonchev–Trinajstić information content (AvgIpc) is 3.05. The van der Waals surface area contributed by atoms with Crippen LogP contribution < -0.4 is 10.6 Å². The predicted molar refractivity (Wildman–Crippen MR) is 191 cm³/mol. The summed E-state index contributed by atoms with van der Waals surface area (Å²) in [5, 5.41) is 26.6. The summed E-state index contributed by atoms with van der Waals surface area (Å²) < 4.78 is 22.6. The summed E-state index contributed by atoms with van der Waals surface area (Å²) in [7, 11) is -8.98. The van der Waals surface area contributed by atoms with Gasteiger partial charge in [0.25, 0.3) is 11.8 Å². The van der Waals surface area contributed by atoms with E-state index < -0.39 is 39.6 Å². The van der Waals surface area contributed by atoms with Crippen molar-refractivity contribution in [3.63, 3.8) is 0 Å². The molecule has 0 spiro atoms. The zero-order valence-corrected chi connectivity index (χ0v) is 30.5. The summed E-state index contributed by atoms with van der Waals surface area (Å²) >= 11 is 0. The minimum atomic E-state index is -4.49. The normalized spacial score (nSPS) is 15.7. The van der Waals surface area contributed by atoms with Gasteiger partial charge in [-0.2, -0.15) is 0 Å². The number of benzene rings is 3. The molecule has 17 heteroatoms. The number of phenolic OH excluding ortho intramolecular Hbond substituents is 2. The van der Waals surface area contributed by atoms with E-state index in [1.165, 1.54) is 12.1 Å². The second-order valence-corrected chi connectivity index (χ2v) is 16.3. The fourth-order valence-corrected chi connectivity index (χ4v) is 6.75. The number of nitrogens with one attached hydrogen (secondary N) is 2. The monoisotopic (exact) mass is 747 g/mol. The average molecular weight is 748 g/mol. The molecule has 0 aliphatic carbocycles. The van der Waals surface area contributed by atoms with Gasteiger partial charge in [-0.3, -0.25) is 33.4 Å². The van der Waals surface area contributed by atoms with Crippen LogP contribution >= 0.6 is 15.2 Å². The second kappa shape index (κ2) is 17.7. The van der Waals surface area contributed by atoms with Gasteiger partial charge in [-0.25, -0.2) is 0 Å². The Morgan fingerprint density at radius 2 is 1.02 bits per heavy atom. The first-order chi connectivity index (χ1) is 24.0. The number of hydrogen-bond donors (Lipinski definition) is 8. The molecule has 2 amide bonds. The van der Waals surface area contributed by atoms with E-state index in [-0.39, 0.29) is 22.6 Å². The van der Waals surface area contributed by atoms with Crippen LogP contribution in [0.25, 0.3) is 0 Å². The Hall–Kier alpha value is -3.62. The Labute approximate surface area is 297 Å². The van der Waals surface area contributed by atoms with Gasteiger partial charge in [-0.1, -0.05) is 42.5 Å². The molecule has 3 aromatic rings. The molecule has 0 aromatic heterocycles. The van der Waals surface area contributed by atoms with Crippen molar-refractivity contribution < 1.29 is 48.5 Å². The van der Waals surface area contributed by atoms with Gasteiger partial charge in [0, 0.05) is 56.9 Å². The van der Waals surface area contributed by atoms with Crippen molar-refractivity contribution in [2.45, 2.75) is 39.9 Å². The lowest BCUT2D eigenvalue weighted by Crippen LogP contribution is -2.42. The van der Waals surface area contributed by atoms with Crippen molar-refractivity contribution >= 4 is 27.0 Å². The van der Waals surface area contributed by atoms with Crippen molar-refractivity contribution in [3.05, 3.63) is 93.5 Å². The Balaban J connectivity index is 1.55. The maximum atomic E-state index is 12.8. The van der Waals surface area contributed by atoms with Crippen molar-refractivity contribution in [2.75, 3.05) is 51.8 Å². The van der Waals surface area contributed by atoms with Crippen molar-refractivity contribution in [2.24, 2.45) is 0 Å². The van der Waals surface area contributed by atoms with E-state index >= 15 is 0 Å². The van der Waals surface area contributed by atoms with Gasteiger partial charge >= 0.3 is 15.2 Å². The quantitative estimate of drug-likeness (QED) is 0.125. The molecule has 0 atom stereocenters. The maximum Gasteiger partial charge on any atom is 0.344 e. The zero-order chi connectivity index (χ0) is 37.3. The molecule has 1 fully saturated rings. The fourth-order valence-electron chi connectivity index (χ4n) is 6.05. The van der Waals surface area contributed by atoms with Crippen LogP contribution in [0.1, 0.15) is 55.0 Å². The molecule has 51 heavy (non-hydrogen) atoms. The number of aryl methyl sites for hydroxylation is 2. The van der Waals surface area contributed by atoms with Crippen molar-refractivity contribution in [1.82, 2.24) is 25.3 Å². The van der Waals surface area contributed by atoms with Crippen LogP contribution in [0.4, 0.5) is 0 Å². The SMILES string of the molecule is Cc1cc(CN2CCCN(Cc3cc(C)cc(C(=O)NCP(=O)(O)O)c3O)CCN(Cc3ccccc3)CC2)c(O)c(C(=O)NCP(=O)(O)O)c1. The van der Waals surface area contributed by atoms with Crippen molar-refractivity contribution in [1.29, 1.82) is 0 Å². The summed E-state index contributed by atoms with van der Waals surface area (Å²) in [6, 6.07) is 16.6. The van der Waals surface area contributed by atoms with E-state index in [1.54, 1.807) is 26.0 Å². The topological polar surface area (TPSA) is 223 Å². The lowest BCUT2D eigenvalue weighted by molar-refractivity contribution is 0.0946. The highest BCUT2D eigenvalue weighted by Crippen LogP contribution is 2.34. The van der Waals surface area contributed by atoms with Crippen LogP contribution in [0.5, 0.6) is 11.5 Å². The third-order valence-corrected chi connectivity index (χ3v) is 9.64. The fraction of sp³-hybridized carbons (Fsp3) is 0.412. The highest BCUT2D eigenvalue weighted by atomic mass is 31.2. The summed E-state index contributed by atoms with van der Waals surface area (Å²) in [6.45, 7) is 8.80. The zero-order valence-electron chi connectivity index (χ0n) is 28.7. The van der Waals surface area contributed by atoms with E-state index in [4.69, 9.17) is 0 Å². The Morgan fingerprint density at radius 1 is 0.627 bits per heavy atom. The molecule has 15 nitrogen and oxygen atoms in total. The number of nitrogens with zero attached hydrogens (tertiary/aromatic N) is 3. The van der Waals surface area contributed by atoms with Gasteiger partial charge in [-0.05, 0) is 62.2 Å². The minimum Gasteiger partial charge on any atom is -0.507 e. The van der Waals surface area contributed by atoms with E-state index in [9.17, 15) is 48.5 Å². The number of carbonyl (C=O) groups is 2. The van der Waals surface area contributed by atoms with E-state index in [2.05, 4.69) is 37.5 Å². The molecular weight excluding hydrogens is 700 g/mol. The standard InChI is InChI=1S/C34H47N5O10P2/c1-24-15-27(31(40)29(17-24)33(42)35-22-50(44,45)46)20-37-9-6-10-38(12-14-39(13-11-37)19-26-7-4-3-5-8-26)21-28-16-25(2)18-30(32(28)41)34(43)36-23-51(47,48)49/h3-5,7-8,15-18,40-41H,6,9-14,19-23H2,1-2H3,(H,35,42)(H,36,43)(H2,44,45,46)(H2,47,48,49). The third-order valence-electron chi connectivity index (χ3n) is 8.50. The number of amides is 2. The van der Waals surface area contributed by atoms with E-state index in [1.807, 2.05) is 18.2 Å². The summed E-state index contributed by atoms with van der Waals surface area (Å²) in [5.74, 6) is -2.07. The molecule has 1 aliphatic rings. The Kier molecular flexibility index (Phi) is 14.0. The van der Waals surface area contributed by atoms with Gasteiger partial charge in [0.15, 0.2) is 0 Å². The van der Waals surface area contributed by atoms with Gasteiger partial charge in [-0.15, -0.1) is 0 Å². The smallest absolute Gasteiger partial charge is 0.344 e. The van der Waals surface area contributed by atoms with Crippen LogP contribution in [0.2, 0.25) is 0 Å². The van der Waals surface area contributed by atoms with Gasteiger partial charge in [0.05, 0.1) is 11.1 Å². The first kappa shape index (κ1) is 40.2. The molecule has 0 bridgehead atoms. The predicted octanol–water partition coefficient (Wildman–Crippen LogP) is 2.65. The van der Waals surface area contributed by atoms with E-state index in [0.717, 1.165) is 5.56 Å². The van der Waals surface area contributed by atoms with Gasteiger partial charge in [0.1, 0.15) is 24.1 Å². The lowest BCUT2D eigenvalue weighted by Gasteiger charge is -2.33. The minimum absolute atomic E-state index is 0.0656. The molecule has 8 N–H and O–H groups in total. The molecular formula is C34H47N5O10P2. The first-order valence-corrected chi connectivity index (χ1v) is 20.1. The van der Waals surface area contributed by atoms with Crippen LogP contribution in [0.15, 0.2) is 54.6 Å². The van der Waals surface area contributed by atoms with Gasteiger partial charge < -0.3 is 40.4 Å². The molecule has 1 heterocycles. The Bertz CT molecular complexity index is 1680. The highest BCUT2D eigenvalue weighted by Gasteiger charge is 2.24. The number of phenols is 2. The summed E-state index contributed by atoms with van der Waals surface area (Å²) in [4.78, 5) is 68.9. The van der Waals surface area contributed by atoms with E-state index in [0.29, 0.717) is 87.6 Å². The number of hydrogen-bond acceptors (Lipinski definition) is 9. The molecule has 1 aliphatic heterocycles. The van der Waals surface area contributed by atoms with Crippen molar-refractivity contribution in [3.8, 4) is 11.5 Å². The Morgan fingerprint density at radius 3 is 1.41 bits per heavy atom. The molecule has 0 unspecified atom stereocenters. The molecule has 4 rings (SSSR count). The van der Waals surface area contributed by atoms with Crippen LogP contribution in [-0.2, 0) is 28.8 Å². The third kappa shape index (κ3) is 12.8. The van der Waals surface area contributed by atoms with Crippen LogP contribution in [0, 0.1) is 13.8 Å². The van der Waals surface area contributed by atoms with Crippen LogP contribution in [0.3, 0.4) is 0 Å². The number of aromatic hydroxyl groups is 2. The van der Waals surface area contributed by atoms with Gasteiger partial charge in [0.2, 0.25) is 0 Å². The largest absolute Gasteiger partial charge is 0.507 e. The van der Waals surface area contributed by atoms with Crippen LogP contribution in [-0.4, -0.2) is 108 Å². The number of carbonyl (C=O) groups excluding carboxylic acids is 2. The maximum absolute atomic E-state index is 12.8. The molecule has 0 radical (unpaired) electrons. The lowest BCUT2D eigenvalue weighted by atomic mass is 10.0. The molecule has 1 saturated heterocycles. The highest BCUT2D eigenvalue weighted by molar-refractivity contribution is 7.52. The summed E-state index contributed by atoms with van der Waals surface area (Å²) in [5.41, 5.74) is 3.43. The second-order valence-electron chi connectivity index (χ2n) is 13.0. The first-order valence-electron chi connectivity index (χ1n) is 16.5.